The third-order valence-electron chi connectivity index (χ3n) is 0.705. The number of rotatable bonds is 3. The van der Waals surface area contributed by atoms with E-state index in [-0.39, 0.29) is 26.1 Å². The van der Waals surface area contributed by atoms with Crippen LogP contribution in [-0.2, 0) is 9.59 Å². The molecule has 0 aliphatic carbocycles. The molecule has 0 amide bonds. The Morgan fingerprint density at radius 2 is 1.00 bits per heavy atom. The number of carbonyl (C=O) groups is 2. The predicted octanol–water partition coefficient (Wildman–Crippen LogP) is -0.0670. The molecule has 0 heterocycles. The first-order valence-corrected chi connectivity index (χ1v) is 4.11. The predicted molar refractivity (Wildman–Crippen MR) is 50.0 cm³/mol. The van der Waals surface area contributed by atoms with Crippen LogP contribution in [0.2, 0.25) is 0 Å². The topological polar surface area (TPSA) is 115 Å². The number of aliphatic hydroxyl groups is 2. The lowest BCUT2D eigenvalue weighted by atomic mass is 10.5. The van der Waals surface area contributed by atoms with Crippen LogP contribution in [0.3, 0.4) is 0 Å². The van der Waals surface area contributed by atoms with Gasteiger partial charge >= 0.3 is 11.9 Å². The molecule has 6 nitrogen and oxygen atoms in total. The smallest absolute Gasteiger partial charge is 0.303 e. The number of hydrogen-bond acceptors (Lipinski definition) is 4. The Bertz CT molecular complexity index is 118. The van der Waals surface area contributed by atoms with Gasteiger partial charge in [0.1, 0.15) is 0 Å². The van der Waals surface area contributed by atoms with Gasteiger partial charge in [0.05, 0.1) is 13.2 Å². The molecule has 86 valence electrons. The Labute approximate surface area is 82.8 Å². The summed E-state index contributed by atoms with van der Waals surface area (Å²) >= 11 is 0. The quantitative estimate of drug-likeness (QED) is 0.518. The molecule has 4 N–H and O–H groups in total. The van der Waals surface area contributed by atoms with Crippen LogP contribution in [0.15, 0.2) is 0 Å². The summed E-state index contributed by atoms with van der Waals surface area (Å²) in [6.45, 7) is 2.95. The Morgan fingerprint density at radius 3 is 1.00 bits per heavy atom. The fraction of sp³-hybridized carbons (Fsp3) is 0.750. The average Bonchev–Trinajstić information content (AvgIpc) is 2.19. The van der Waals surface area contributed by atoms with Crippen LogP contribution in [-0.4, -0.2) is 45.6 Å². The second-order valence-electron chi connectivity index (χ2n) is 1.94. The summed E-state index contributed by atoms with van der Waals surface area (Å²) in [5, 5.41) is 30.7. The van der Waals surface area contributed by atoms with Gasteiger partial charge in [0.2, 0.25) is 0 Å². The fourth-order valence-electron chi connectivity index (χ4n) is 0. The first kappa shape index (κ1) is 18.6. The highest BCUT2D eigenvalue weighted by Gasteiger charge is 1.81. The molecule has 14 heavy (non-hydrogen) atoms. The van der Waals surface area contributed by atoms with Gasteiger partial charge in [-0.2, -0.15) is 0 Å². The first-order chi connectivity index (χ1) is 6.45. The van der Waals surface area contributed by atoms with E-state index in [4.69, 9.17) is 20.4 Å². The molecule has 0 aliphatic rings. The molecule has 0 rings (SSSR count). The van der Waals surface area contributed by atoms with Gasteiger partial charge in [-0.25, -0.2) is 0 Å². The van der Waals surface area contributed by atoms with Crippen LogP contribution in [0.5, 0.6) is 0 Å². The van der Waals surface area contributed by atoms with Gasteiger partial charge in [-0.15, -0.1) is 0 Å². The van der Waals surface area contributed by atoms with E-state index in [2.05, 4.69) is 0 Å². The minimum Gasteiger partial charge on any atom is -0.481 e. The van der Waals surface area contributed by atoms with Gasteiger partial charge in [0, 0.05) is 12.8 Å². The van der Waals surface area contributed by atoms with E-state index < -0.39 is 11.9 Å². The molecule has 0 aromatic heterocycles. The lowest BCUT2D eigenvalue weighted by Crippen LogP contribution is -1.86. The molecule has 0 spiro atoms. The van der Waals surface area contributed by atoms with Crippen molar-refractivity contribution >= 4 is 11.9 Å². The Kier molecular flexibility index (Phi) is 23.7. The van der Waals surface area contributed by atoms with Gasteiger partial charge in [0.15, 0.2) is 0 Å². The van der Waals surface area contributed by atoms with Crippen LogP contribution in [0.25, 0.3) is 0 Å². The largest absolute Gasteiger partial charge is 0.481 e. The van der Waals surface area contributed by atoms with Crippen molar-refractivity contribution in [1.82, 2.24) is 0 Å². The highest BCUT2D eigenvalue weighted by molar-refractivity contribution is 5.66. The average molecular weight is 210 g/mol. The van der Waals surface area contributed by atoms with Gasteiger partial charge in [-0.3, -0.25) is 9.59 Å². The summed E-state index contributed by atoms with van der Waals surface area (Å²) in [7, 11) is 0. The van der Waals surface area contributed by atoms with E-state index in [1.54, 1.807) is 13.8 Å². The maximum Gasteiger partial charge on any atom is 0.303 e. The first-order valence-electron chi connectivity index (χ1n) is 4.11. The van der Waals surface area contributed by atoms with E-state index in [1.165, 1.54) is 0 Å². The molecule has 0 fully saturated rings. The van der Waals surface area contributed by atoms with Crippen LogP contribution < -0.4 is 0 Å². The van der Waals surface area contributed by atoms with Gasteiger partial charge in [-0.1, -0.05) is 13.8 Å². The van der Waals surface area contributed by atoms with Crippen molar-refractivity contribution in [2.45, 2.75) is 26.7 Å². The fourth-order valence-corrected chi connectivity index (χ4v) is 0. The van der Waals surface area contributed by atoms with Gasteiger partial charge < -0.3 is 20.4 Å². The zero-order chi connectivity index (χ0) is 12.0. The zero-order valence-electron chi connectivity index (χ0n) is 8.43. The molecule has 0 aromatic carbocycles. The SMILES string of the molecule is CCC(=O)O.CCC(=O)O.OCCO. The van der Waals surface area contributed by atoms with Crippen molar-refractivity contribution in [1.29, 1.82) is 0 Å². The van der Waals surface area contributed by atoms with E-state index in [1.807, 2.05) is 0 Å². The van der Waals surface area contributed by atoms with E-state index in [0.29, 0.717) is 0 Å². The van der Waals surface area contributed by atoms with Crippen molar-refractivity contribution in [3.63, 3.8) is 0 Å². The summed E-state index contributed by atoms with van der Waals surface area (Å²) in [6.07, 6.45) is 0.444. The number of carboxylic acids is 2. The Hall–Kier alpha value is -1.14. The van der Waals surface area contributed by atoms with Crippen LogP contribution >= 0.6 is 0 Å². The summed E-state index contributed by atoms with van der Waals surface area (Å²) in [4.78, 5) is 18.7. The molecule has 0 saturated heterocycles. The number of carboxylic acid groups (broad SMARTS) is 2. The maximum atomic E-state index is 9.37. The molecular weight excluding hydrogens is 192 g/mol. The van der Waals surface area contributed by atoms with E-state index in [9.17, 15) is 9.59 Å². The summed E-state index contributed by atoms with van der Waals surface area (Å²) < 4.78 is 0. The number of aliphatic hydroxyl groups excluding tert-OH is 2. The highest BCUT2D eigenvalue weighted by Crippen LogP contribution is 1.67. The standard InChI is InChI=1S/2C3H6O2.C2H6O2/c2*1-2-3(4)5;3-1-2-4/h2*2H2,1H3,(H,4,5);3-4H,1-2H2. The van der Waals surface area contributed by atoms with Crippen molar-refractivity contribution in [3.8, 4) is 0 Å². The van der Waals surface area contributed by atoms with Crippen LogP contribution in [0.1, 0.15) is 26.7 Å². The van der Waals surface area contributed by atoms with Gasteiger partial charge in [0.25, 0.3) is 0 Å². The highest BCUT2D eigenvalue weighted by atomic mass is 16.4. The third kappa shape index (κ3) is 70.9. The van der Waals surface area contributed by atoms with Crippen molar-refractivity contribution < 1.29 is 30.0 Å². The van der Waals surface area contributed by atoms with Crippen molar-refractivity contribution in [2.75, 3.05) is 13.2 Å². The summed E-state index contributed by atoms with van der Waals surface area (Å²) in [5.74, 6) is -1.49. The van der Waals surface area contributed by atoms with E-state index in [0.717, 1.165) is 0 Å². The van der Waals surface area contributed by atoms with Crippen LogP contribution in [0, 0.1) is 0 Å². The van der Waals surface area contributed by atoms with Crippen molar-refractivity contribution in [3.05, 3.63) is 0 Å². The monoisotopic (exact) mass is 210 g/mol. The minimum atomic E-state index is -0.745. The molecule has 0 aliphatic heterocycles. The Morgan fingerprint density at radius 1 is 0.857 bits per heavy atom. The van der Waals surface area contributed by atoms with E-state index >= 15 is 0 Å². The van der Waals surface area contributed by atoms with Crippen LogP contribution in [0.4, 0.5) is 0 Å². The minimum absolute atomic E-state index is 0.125. The number of hydrogen-bond donors (Lipinski definition) is 4. The molecule has 0 aromatic rings. The molecule has 0 bridgehead atoms. The molecule has 0 atom stereocenters. The summed E-state index contributed by atoms with van der Waals surface area (Å²) in [6, 6.07) is 0. The lowest BCUT2D eigenvalue weighted by Gasteiger charge is -1.71. The second kappa shape index (κ2) is 17.8. The maximum absolute atomic E-state index is 9.37. The Balaban J connectivity index is -0.000000131. The second-order valence-corrected chi connectivity index (χ2v) is 1.94. The number of aliphatic carboxylic acids is 2. The third-order valence-corrected chi connectivity index (χ3v) is 0.705. The summed E-state index contributed by atoms with van der Waals surface area (Å²) in [5.41, 5.74) is 0. The zero-order valence-corrected chi connectivity index (χ0v) is 8.43. The molecular formula is C8H18O6. The molecule has 0 unspecified atom stereocenters. The van der Waals surface area contributed by atoms with Gasteiger partial charge in [-0.05, 0) is 0 Å². The lowest BCUT2D eigenvalue weighted by molar-refractivity contribution is -0.137. The molecule has 6 heteroatoms. The van der Waals surface area contributed by atoms with Crippen molar-refractivity contribution in [2.24, 2.45) is 0 Å². The molecule has 0 saturated carbocycles. The normalized spacial score (nSPS) is 7.43. The molecule has 0 radical (unpaired) electrons.